The Kier molecular flexibility index (Phi) is 6.19. The second-order valence-electron chi connectivity index (χ2n) is 5.41. The molecule has 1 aromatic rings. The summed E-state index contributed by atoms with van der Waals surface area (Å²) in [4.78, 5) is 0. The summed E-state index contributed by atoms with van der Waals surface area (Å²) >= 11 is 0. The summed E-state index contributed by atoms with van der Waals surface area (Å²) < 4.78 is 11.3. The van der Waals surface area contributed by atoms with Crippen LogP contribution >= 0.6 is 0 Å². The number of benzene rings is 1. The van der Waals surface area contributed by atoms with Crippen molar-refractivity contribution in [3.8, 4) is 11.5 Å². The van der Waals surface area contributed by atoms with E-state index in [0.717, 1.165) is 24.5 Å². The Balaban J connectivity index is 2.06. The quantitative estimate of drug-likeness (QED) is 0.726. The molecule has 1 heterocycles. The standard InChI is InChI=1S/C17H27NO2/c1-3-5-6-7-15(18-10-4-2)14-8-9-16-17(13-14)20-12-11-19-16/h8-9,13,15,18H,3-7,10-12H2,1-2H3. The zero-order valence-corrected chi connectivity index (χ0v) is 12.8. The Morgan fingerprint density at radius 1 is 1.05 bits per heavy atom. The summed E-state index contributed by atoms with van der Waals surface area (Å²) in [6.45, 7) is 6.82. The van der Waals surface area contributed by atoms with Crippen molar-refractivity contribution in [2.75, 3.05) is 19.8 Å². The zero-order chi connectivity index (χ0) is 14.2. The van der Waals surface area contributed by atoms with E-state index in [1.807, 2.05) is 6.07 Å². The van der Waals surface area contributed by atoms with Crippen molar-refractivity contribution in [1.82, 2.24) is 5.32 Å². The SMILES string of the molecule is CCCCCC(NCCC)c1ccc2c(c1)OCCO2. The lowest BCUT2D eigenvalue weighted by atomic mass is 9.99. The van der Waals surface area contributed by atoms with E-state index in [4.69, 9.17) is 9.47 Å². The van der Waals surface area contributed by atoms with Gasteiger partial charge in [-0.1, -0.05) is 39.2 Å². The Hall–Kier alpha value is -1.22. The second kappa shape index (κ2) is 8.15. The van der Waals surface area contributed by atoms with Crippen molar-refractivity contribution in [2.45, 2.75) is 52.0 Å². The van der Waals surface area contributed by atoms with E-state index in [2.05, 4.69) is 31.3 Å². The predicted molar refractivity (Wildman–Crippen MR) is 82.6 cm³/mol. The monoisotopic (exact) mass is 277 g/mol. The Labute approximate surface area is 122 Å². The summed E-state index contributed by atoms with van der Waals surface area (Å²) in [6, 6.07) is 6.79. The van der Waals surface area contributed by atoms with Crippen LogP contribution in [0.15, 0.2) is 18.2 Å². The number of nitrogens with one attached hydrogen (secondary N) is 1. The molecule has 1 aliphatic rings. The molecule has 1 aliphatic heterocycles. The summed E-state index contributed by atoms with van der Waals surface area (Å²) in [5, 5.41) is 3.66. The number of rotatable bonds is 8. The molecular formula is C17H27NO2. The van der Waals surface area contributed by atoms with Crippen LogP contribution in [0.4, 0.5) is 0 Å². The highest BCUT2D eigenvalue weighted by molar-refractivity contribution is 5.44. The maximum Gasteiger partial charge on any atom is 0.161 e. The van der Waals surface area contributed by atoms with Crippen molar-refractivity contribution in [2.24, 2.45) is 0 Å². The number of hydrogen-bond acceptors (Lipinski definition) is 3. The van der Waals surface area contributed by atoms with Gasteiger partial charge in [-0.25, -0.2) is 0 Å². The molecule has 0 aliphatic carbocycles. The van der Waals surface area contributed by atoms with Gasteiger partial charge in [-0.05, 0) is 37.1 Å². The van der Waals surface area contributed by atoms with Crippen LogP contribution in [0.5, 0.6) is 11.5 Å². The first kappa shape index (κ1) is 15.2. The molecule has 0 saturated heterocycles. The molecule has 0 fully saturated rings. The molecular weight excluding hydrogens is 250 g/mol. The molecule has 3 nitrogen and oxygen atoms in total. The Morgan fingerprint density at radius 3 is 2.60 bits per heavy atom. The van der Waals surface area contributed by atoms with E-state index < -0.39 is 0 Å². The van der Waals surface area contributed by atoms with Crippen molar-refractivity contribution in [1.29, 1.82) is 0 Å². The minimum atomic E-state index is 0.428. The molecule has 0 radical (unpaired) electrons. The van der Waals surface area contributed by atoms with E-state index in [0.29, 0.717) is 19.3 Å². The Morgan fingerprint density at radius 2 is 1.85 bits per heavy atom. The molecule has 112 valence electrons. The summed E-state index contributed by atoms with van der Waals surface area (Å²) in [5.74, 6) is 1.77. The molecule has 20 heavy (non-hydrogen) atoms. The fourth-order valence-corrected chi connectivity index (χ4v) is 2.58. The van der Waals surface area contributed by atoms with Gasteiger partial charge >= 0.3 is 0 Å². The first-order valence-corrected chi connectivity index (χ1v) is 7.98. The zero-order valence-electron chi connectivity index (χ0n) is 12.8. The molecule has 1 N–H and O–H groups in total. The van der Waals surface area contributed by atoms with Crippen molar-refractivity contribution >= 4 is 0 Å². The van der Waals surface area contributed by atoms with Crippen molar-refractivity contribution < 1.29 is 9.47 Å². The number of unbranched alkanes of at least 4 members (excludes halogenated alkanes) is 2. The lowest BCUT2D eigenvalue weighted by Gasteiger charge is -2.23. The fourth-order valence-electron chi connectivity index (χ4n) is 2.58. The molecule has 0 saturated carbocycles. The first-order valence-electron chi connectivity index (χ1n) is 7.98. The van der Waals surface area contributed by atoms with E-state index in [1.54, 1.807) is 0 Å². The highest BCUT2D eigenvalue weighted by Gasteiger charge is 2.16. The van der Waals surface area contributed by atoms with Crippen LogP contribution in [0.25, 0.3) is 0 Å². The van der Waals surface area contributed by atoms with Gasteiger partial charge in [0, 0.05) is 6.04 Å². The van der Waals surface area contributed by atoms with Crippen LogP contribution in [-0.4, -0.2) is 19.8 Å². The normalized spacial score (nSPS) is 15.1. The van der Waals surface area contributed by atoms with Crippen LogP contribution in [0.2, 0.25) is 0 Å². The summed E-state index contributed by atoms with van der Waals surface area (Å²) in [5.41, 5.74) is 1.32. The van der Waals surface area contributed by atoms with Crippen LogP contribution in [0.1, 0.15) is 57.6 Å². The average molecular weight is 277 g/mol. The minimum absolute atomic E-state index is 0.428. The highest BCUT2D eigenvalue weighted by Crippen LogP contribution is 2.33. The molecule has 0 amide bonds. The lowest BCUT2D eigenvalue weighted by Crippen LogP contribution is -2.23. The number of hydrogen-bond donors (Lipinski definition) is 1. The molecule has 1 aromatic carbocycles. The maximum atomic E-state index is 5.69. The van der Waals surface area contributed by atoms with Gasteiger partial charge in [0.2, 0.25) is 0 Å². The molecule has 0 spiro atoms. The van der Waals surface area contributed by atoms with Crippen LogP contribution in [0.3, 0.4) is 0 Å². The van der Waals surface area contributed by atoms with E-state index in [9.17, 15) is 0 Å². The number of ether oxygens (including phenoxy) is 2. The third kappa shape index (κ3) is 4.14. The maximum absolute atomic E-state index is 5.69. The summed E-state index contributed by atoms with van der Waals surface area (Å²) in [6.07, 6.45) is 6.19. The van der Waals surface area contributed by atoms with Gasteiger partial charge in [0.1, 0.15) is 13.2 Å². The molecule has 0 bridgehead atoms. The molecule has 0 aromatic heterocycles. The highest BCUT2D eigenvalue weighted by atomic mass is 16.6. The topological polar surface area (TPSA) is 30.5 Å². The summed E-state index contributed by atoms with van der Waals surface area (Å²) in [7, 11) is 0. The molecule has 2 rings (SSSR count). The fraction of sp³-hybridized carbons (Fsp3) is 0.647. The van der Waals surface area contributed by atoms with E-state index in [-0.39, 0.29) is 0 Å². The van der Waals surface area contributed by atoms with Crippen LogP contribution in [0, 0.1) is 0 Å². The van der Waals surface area contributed by atoms with Gasteiger partial charge < -0.3 is 14.8 Å². The van der Waals surface area contributed by atoms with Gasteiger partial charge in [0.25, 0.3) is 0 Å². The Bertz CT molecular complexity index is 406. The molecule has 1 unspecified atom stereocenters. The van der Waals surface area contributed by atoms with Crippen LogP contribution in [-0.2, 0) is 0 Å². The third-order valence-corrected chi connectivity index (χ3v) is 3.71. The van der Waals surface area contributed by atoms with Gasteiger partial charge in [-0.2, -0.15) is 0 Å². The van der Waals surface area contributed by atoms with Gasteiger partial charge in [0.15, 0.2) is 11.5 Å². The molecule has 3 heteroatoms. The van der Waals surface area contributed by atoms with Crippen molar-refractivity contribution in [3.05, 3.63) is 23.8 Å². The van der Waals surface area contributed by atoms with E-state index >= 15 is 0 Å². The number of fused-ring (bicyclic) bond motifs is 1. The third-order valence-electron chi connectivity index (χ3n) is 3.71. The van der Waals surface area contributed by atoms with Crippen LogP contribution < -0.4 is 14.8 Å². The van der Waals surface area contributed by atoms with Gasteiger partial charge in [-0.15, -0.1) is 0 Å². The minimum Gasteiger partial charge on any atom is -0.486 e. The predicted octanol–water partition coefficient (Wildman–Crippen LogP) is 4.08. The average Bonchev–Trinajstić information content (AvgIpc) is 2.50. The lowest BCUT2D eigenvalue weighted by molar-refractivity contribution is 0.171. The molecule has 1 atom stereocenters. The smallest absolute Gasteiger partial charge is 0.161 e. The van der Waals surface area contributed by atoms with Gasteiger partial charge in [-0.3, -0.25) is 0 Å². The second-order valence-corrected chi connectivity index (χ2v) is 5.41. The van der Waals surface area contributed by atoms with Gasteiger partial charge in [0.05, 0.1) is 0 Å². The first-order chi connectivity index (χ1) is 9.85. The largest absolute Gasteiger partial charge is 0.486 e. The van der Waals surface area contributed by atoms with E-state index in [1.165, 1.54) is 31.2 Å². The van der Waals surface area contributed by atoms with Crippen molar-refractivity contribution in [3.63, 3.8) is 0 Å².